The maximum absolute atomic E-state index is 7.40. The van der Waals surface area contributed by atoms with Crippen molar-refractivity contribution in [2.45, 2.75) is 0 Å². The molecule has 5 nitrogen and oxygen atoms in total. The van der Waals surface area contributed by atoms with Crippen LogP contribution < -0.4 is 10.5 Å². The SMILES string of the molecule is COCCOCCOc1ccccc1C(=N)N. The van der Waals surface area contributed by atoms with E-state index in [0.29, 0.717) is 37.7 Å². The van der Waals surface area contributed by atoms with Crippen molar-refractivity contribution < 1.29 is 14.2 Å². The number of ether oxygens (including phenoxy) is 3. The first-order valence-corrected chi connectivity index (χ1v) is 5.38. The van der Waals surface area contributed by atoms with Crippen LogP contribution in [-0.4, -0.2) is 39.4 Å². The molecule has 0 radical (unpaired) electrons. The van der Waals surface area contributed by atoms with Gasteiger partial charge in [-0.05, 0) is 12.1 Å². The van der Waals surface area contributed by atoms with Crippen LogP contribution in [0.5, 0.6) is 5.75 Å². The molecule has 0 spiro atoms. The third-order valence-corrected chi connectivity index (χ3v) is 2.09. The van der Waals surface area contributed by atoms with Gasteiger partial charge in [-0.2, -0.15) is 0 Å². The number of amidine groups is 1. The molecule has 0 aromatic heterocycles. The molecule has 0 aliphatic rings. The van der Waals surface area contributed by atoms with Gasteiger partial charge in [0.1, 0.15) is 18.2 Å². The minimum absolute atomic E-state index is 0.000835. The maximum atomic E-state index is 7.40. The molecule has 0 atom stereocenters. The van der Waals surface area contributed by atoms with E-state index < -0.39 is 0 Å². The van der Waals surface area contributed by atoms with Gasteiger partial charge in [0.2, 0.25) is 0 Å². The van der Waals surface area contributed by atoms with E-state index in [2.05, 4.69) is 0 Å². The van der Waals surface area contributed by atoms with E-state index in [0.717, 1.165) is 0 Å². The van der Waals surface area contributed by atoms with Gasteiger partial charge >= 0.3 is 0 Å². The van der Waals surface area contributed by atoms with Gasteiger partial charge in [0.15, 0.2) is 0 Å². The van der Waals surface area contributed by atoms with Crippen molar-refractivity contribution >= 4 is 5.84 Å². The summed E-state index contributed by atoms with van der Waals surface area (Å²) in [5.74, 6) is 0.608. The zero-order valence-electron chi connectivity index (χ0n) is 9.94. The Kier molecular flexibility index (Phi) is 6.06. The van der Waals surface area contributed by atoms with Gasteiger partial charge in [-0.15, -0.1) is 0 Å². The molecule has 0 heterocycles. The average Bonchev–Trinajstić information content (AvgIpc) is 2.34. The van der Waals surface area contributed by atoms with Gasteiger partial charge in [-0.25, -0.2) is 0 Å². The molecule has 0 unspecified atom stereocenters. The van der Waals surface area contributed by atoms with Crippen LogP contribution in [-0.2, 0) is 9.47 Å². The molecule has 0 bridgehead atoms. The number of benzene rings is 1. The molecular formula is C12H18N2O3. The Morgan fingerprint density at radius 1 is 1.18 bits per heavy atom. The van der Waals surface area contributed by atoms with Gasteiger partial charge < -0.3 is 19.9 Å². The summed E-state index contributed by atoms with van der Waals surface area (Å²) in [5.41, 5.74) is 6.04. The zero-order chi connectivity index (χ0) is 12.5. The molecule has 1 rings (SSSR count). The second-order valence-electron chi connectivity index (χ2n) is 3.36. The number of nitrogen functional groups attached to an aromatic ring is 1. The number of hydrogen-bond acceptors (Lipinski definition) is 4. The van der Waals surface area contributed by atoms with Gasteiger partial charge in [0, 0.05) is 7.11 Å². The summed E-state index contributed by atoms with van der Waals surface area (Å²) >= 11 is 0. The van der Waals surface area contributed by atoms with Gasteiger partial charge in [0.05, 0.1) is 25.4 Å². The summed E-state index contributed by atoms with van der Waals surface area (Å²) in [7, 11) is 1.63. The van der Waals surface area contributed by atoms with Gasteiger partial charge in [-0.3, -0.25) is 5.41 Å². The summed E-state index contributed by atoms with van der Waals surface area (Å²) in [6.45, 7) is 2.03. The lowest BCUT2D eigenvalue weighted by Gasteiger charge is -2.10. The molecule has 94 valence electrons. The van der Waals surface area contributed by atoms with Gasteiger partial charge in [0.25, 0.3) is 0 Å². The molecule has 5 heteroatoms. The quantitative estimate of drug-likeness (QED) is 0.402. The highest BCUT2D eigenvalue weighted by atomic mass is 16.5. The van der Waals surface area contributed by atoms with E-state index in [4.69, 9.17) is 25.4 Å². The molecule has 0 saturated carbocycles. The fraction of sp³-hybridized carbons (Fsp3) is 0.417. The first-order chi connectivity index (χ1) is 8.25. The molecule has 1 aromatic carbocycles. The second-order valence-corrected chi connectivity index (χ2v) is 3.36. The largest absolute Gasteiger partial charge is 0.490 e. The highest BCUT2D eigenvalue weighted by molar-refractivity contribution is 5.97. The minimum atomic E-state index is 0.000835. The molecule has 0 aliphatic heterocycles. The summed E-state index contributed by atoms with van der Waals surface area (Å²) in [4.78, 5) is 0. The Morgan fingerprint density at radius 2 is 1.88 bits per heavy atom. The molecule has 0 amide bonds. The number of nitrogens with two attached hydrogens (primary N) is 1. The van der Waals surface area contributed by atoms with Crippen molar-refractivity contribution in [3.05, 3.63) is 29.8 Å². The molecular weight excluding hydrogens is 220 g/mol. The zero-order valence-corrected chi connectivity index (χ0v) is 9.94. The standard InChI is InChI=1S/C12H18N2O3/c1-15-6-7-16-8-9-17-11-5-3-2-4-10(11)12(13)14/h2-5H,6-9H2,1H3,(H3,13,14). The summed E-state index contributed by atoms with van der Waals surface area (Å²) in [5, 5.41) is 7.40. The summed E-state index contributed by atoms with van der Waals surface area (Å²) in [6, 6.07) is 7.20. The van der Waals surface area contributed by atoms with E-state index in [1.807, 2.05) is 12.1 Å². The van der Waals surface area contributed by atoms with Crippen LogP contribution in [0.25, 0.3) is 0 Å². The fourth-order valence-corrected chi connectivity index (χ4v) is 1.27. The lowest BCUT2D eigenvalue weighted by Crippen LogP contribution is -2.15. The summed E-state index contributed by atoms with van der Waals surface area (Å²) in [6.07, 6.45) is 0. The van der Waals surface area contributed by atoms with E-state index >= 15 is 0 Å². The van der Waals surface area contributed by atoms with E-state index in [1.165, 1.54) is 0 Å². The monoisotopic (exact) mass is 238 g/mol. The van der Waals surface area contributed by atoms with Crippen LogP contribution in [0.3, 0.4) is 0 Å². The number of rotatable bonds is 8. The summed E-state index contributed by atoms with van der Waals surface area (Å²) < 4.78 is 15.6. The van der Waals surface area contributed by atoms with Crippen LogP contribution in [0.2, 0.25) is 0 Å². The van der Waals surface area contributed by atoms with E-state index in [-0.39, 0.29) is 5.84 Å². The Bertz CT molecular complexity index is 355. The van der Waals surface area contributed by atoms with Crippen molar-refractivity contribution in [2.75, 3.05) is 33.5 Å². The number of hydrogen-bond donors (Lipinski definition) is 2. The highest BCUT2D eigenvalue weighted by Gasteiger charge is 2.04. The molecule has 0 saturated heterocycles. The van der Waals surface area contributed by atoms with Crippen molar-refractivity contribution in [1.82, 2.24) is 0 Å². The normalized spacial score (nSPS) is 10.2. The fourth-order valence-electron chi connectivity index (χ4n) is 1.27. The Labute approximate surface area is 101 Å². The molecule has 0 fully saturated rings. The van der Waals surface area contributed by atoms with Crippen molar-refractivity contribution in [1.29, 1.82) is 5.41 Å². The maximum Gasteiger partial charge on any atom is 0.130 e. The lowest BCUT2D eigenvalue weighted by atomic mass is 10.2. The first-order valence-electron chi connectivity index (χ1n) is 5.38. The van der Waals surface area contributed by atoms with Crippen molar-refractivity contribution in [3.8, 4) is 5.75 Å². The third-order valence-electron chi connectivity index (χ3n) is 2.09. The Hall–Kier alpha value is -1.59. The molecule has 3 N–H and O–H groups in total. The molecule has 0 aliphatic carbocycles. The van der Waals surface area contributed by atoms with Crippen LogP contribution in [0.1, 0.15) is 5.56 Å². The first kappa shape index (κ1) is 13.5. The Morgan fingerprint density at radius 3 is 2.59 bits per heavy atom. The topological polar surface area (TPSA) is 77.6 Å². The average molecular weight is 238 g/mol. The van der Waals surface area contributed by atoms with E-state index in [9.17, 15) is 0 Å². The van der Waals surface area contributed by atoms with Crippen LogP contribution >= 0.6 is 0 Å². The number of nitrogens with one attached hydrogen (secondary N) is 1. The predicted octanol–water partition coefficient (Wildman–Crippen LogP) is 1.01. The number of methoxy groups -OCH3 is 1. The molecule has 17 heavy (non-hydrogen) atoms. The lowest BCUT2D eigenvalue weighted by molar-refractivity contribution is 0.0544. The van der Waals surface area contributed by atoms with E-state index in [1.54, 1.807) is 19.2 Å². The Balaban J connectivity index is 2.34. The van der Waals surface area contributed by atoms with Crippen molar-refractivity contribution in [2.24, 2.45) is 5.73 Å². The van der Waals surface area contributed by atoms with Crippen LogP contribution in [0.4, 0.5) is 0 Å². The second kappa shape index (κ2) is 7.65. The molecule has 1 aromatic rings. The predicted molar refractivity (Wildman–Crippen MR) is 65.6 cm³/mol. The van der Waals surface area contributed by atoms with Crippen LogP contribution in [0, 0.1) is 5.41 Å². The minimum Gasteiger partial charge on any atom is -0.490 e. The van der Waals surface area contributed by atoms with Gasteiger partial charge in [-0.1, -0.05) is 12.1 Å². The third kappa shape index (κ3) is 4.84. The highest BCUT2D eigenvalue weighted by Crippen LogP contribution is 2.16. The number of para-hydroxylation sites is 1. The van der Waals surface area contributed by atoms with Crippen molar-refractivity contribution in [3.63, 3.8) is 0 Å². The van der Waals surface area contributed by atoms with Crippen LogP contribution in [0.15, 0.2) is 24.3 Å². The smallest absolute Gasteiger partial charge is 0.130 e.